The molecule has 0 saturated carbocycles. The summed E-state index contributed by atoms with van der Waals surface area (Å²) in [5.74, 6) is 0.184. The Labute approximate surface area is 97.8 Å². The van der Waals surface area contributed by atoms with Crippen LogP contribution in [0.25, 0.3) is 0 Å². The monoisotopic (exact) mass is 225 g/mol. The fourth-order valence-corrected chi connectivity index (χ4v) is 2.59. The summed E-state index contributed by atoms with van der Waals surface area (Å²) in [6, 6.07) is 0.540. The van der Waals surface area contributed by atoms with Gasteiger partial charge in [-0.05, 0) is 52.2 Å². The van der Waals surface area contributed by atoms with Crippen LogP contribution in [0.4, 0.5) is 0 Å². The van der Waals surface area contributed by atoms with E-state index in [0.717, 1.165) is 25.9 Å². The number of nitrogens with zero attached hydrogens (tertiary/aromatic N) is 1. The standard InChI is InChI=1S/C12H23N3O/c1-10(15-7-2-3-8-15)9-14-12(16)11-5-4-6-13-11/h10-11,13H,2-9H2,1H3,(H,14,16)/t10?,11-/m1/s1. The highest BCUT2D eigenvalue weighted by atomic mass is 16.2. The third-order valence-corrected chi connectivity index (χ3v) is 3.71. The lowest BCUT2D eigenvalue weighted by atomic mass is 10.2. The molecule has 0 aromatic carbocycles. The fourth-order valence-electron chi connectivity index (χ4n) is 2.59. The maximum atomic E-state index is 11.8. The molecule has 2 saturated heterocycles. The second-order valence-corrected chi connectivity index (χ2v) is 4.99. The lowest BCUT2D eigenvalue weighted by molar-refractivity contribution is -0.123. The molecule has 4 nitrogen and oxygen atoms in total. The second-order valence-electron chi connectivity index (χ2n) is 4.99. The zero-order valence-electron chi connectivity index (χ0n) is 10.2. The number of carbonyl (C=O) groups excluding carboxylic acids is 1. The van der Waals surface area contributed by atoms with Gasteiger partial charge in [-0.25, -0.2) is 0 Å². The van der Waals surface area contributed by atoms with Gasteiger partial charge >= 0.3 is 0 Å². The average Bonchev–Trinajstić information content (AvgIpc) is 2.95. The number of likely N-dealkylation sites (tertiary alicyclic amines) is 1. The largest absolute Gasteiger partial charge is 0.353 e. The third-order valence-electron chi connectivity index (χ3n) is 3.71. The summed E-state index contributed by atoms with van der Waals surface area (Å²) in [7, 11) is 0. The Morgan fingerprint density at radius 3 is 2.81 bits per heavy atom. The first-order valence-electron chi connectivity index (χ1n) is 6.52. The van der Waals surface area contributed by atoms with Gasteiger partial charge in [0, 0.05) is 12.6 Å². The van der Waals surface area contributed by atoms with Gasteiger partial charge in [0.2, 0.25) is 5.91 Å². The molecule has 2 N–H and O–H groups in total. The number of nitrogens with one attached hydrogen (secondary N) is 2. The molecule has 2 atom stereocenters. The van der Waals surface area contributed by atoms with E-state index >= 15 is 0 Å². The maximum Gasteiger partial charge on any atom is 0.237 e. The van der Waals surface area contributed by atoms with Crippen LogP contribution in [0, 0.1) is 0 Å². The molecule has 1 unspecified atom stereocenters. The molecule has 0 bridgehead atoms. The summed E-state index contributed by atoms with van der Waals surface area (Å²) in [6.45, 7) is 6.36. The molecule has 2 heterocycles. The van der Waals surface area contributed by atoms with Crippen molar-refractivity contribution < 1.29 is 4.79 Å². The molecule has 0 radical (unpaired) electrons. The summed E-state index contributed by atoms with van der Waals surface area (Å²) in [5, 5.41) is 6.28. The van der Waals surface area contributed by atoms with Crippen LogP contribution in [0.15, 0.2) is 0 Å². The fraction of sp³-hybridized carbons (Fsp3) is 0.917. The van der Waals surface area contributed by atoms with Crippen LogP contribution in [-0.2, 0) is 4.79 Å². The number of amides is 1. The minimum absolute atomic E-state index is 0.0609. The van der Waals surface area contributed by atoms with E-state index in [1.807, 2.05) is 0 Å². The summed E-state index contributed by atoms with van der Waals surface area (Å²) in [6.07, 6.45) is 4.73. The van der Waals surface area contributed by atoms with Gasteiger partial charge in [-0.15, -0.1) is 0 Å². The van der Waals surface area contributed by atoms with Gasteiger partial charge in [0.05, 0.1) is 6.04 Å². The summed E-state index contributed by atoms with van der Waals surface area (Å²) >= 11 is 0. The highest BCUT2D eigenvalue weighted by Gasteiger charge is 2.23. The van der Waals surface area contributed by atoms with E-state index in [0.29, 0.717) is 6.04 Å². The van der Waals surface area contributed by atoms with Crippen molar-refractivity contribution in [3.63, 3.8) is 0 Å². The average molecular weight is 225 g/mol. The zero-order chi connectivity index (χ0) is 11.4. The van der Waals surface area contributed by atoms with Crippen LogP contribution >= 0.6 is 0 Å². The molecule has 16 heavy (non-hydrogen) atoms. The first kappa shape index (κ1) is 11.9. The van der Waals surface area contributed by atoms with Crippen molar-refractivity contribution in [3.8, 4) is 0 Å². The molecule has 0 aromatic heterocycles. The van der Waals surface area contributed by atoms with Crippen molar-refractivity contribution >= 4 is 5.91 Å². The predicted octanol–water partition coefficient (Wildman–Crippen LogP) is 0.339. The number of hydrogen-bond acceptors (Lipinski definition) is 3. The maximum absolute atomic E-state index is 11.8. The van der Waals surface area contributed by atoms with Gasteiger partial charge in [-0.1, -0.05) is 0 Å². The molecule has 2 rings (SSSR count). The molecule has 0 aliphatic carbocycles. The van der Waals surface area contributed by atoms with Gasteiger partial charge in [0.1, 0.15) is 0 Å². The Bertz CT molecular complexity index is 232. The summed E-state index contributed by atoms with van der Waals surface area (Å²) in [5.41, 5.74) is 0. The number of hydrogen-bond donors (Lipinski definition) is 2. The van der Waals surface area contributed by atoms with Gasteiger partial charge < -0.3 is 10.6 Å². The highest BCUT2D eigenvalue weighted by molar-refractivity contribution is 5.82. The Morgan fingerprint density at radius 2 is 2.19 bits per heavy atom. The van der Waals surface area contributed by atoms with Crippen molar-refractivity contribution in [3.05, 3.63) is 0 Å². The van der Waals surface area contributed by atoms with Gasteiger partial charge in [0.15, 0.2) is 0 Å². The van der Waals surface area contributed by atoms with Crippen molar-refractivity contribution in [2.24, 2.45) is 0 Å². The molecule has 2 fully saturated rings. The molecule has 92 valence electrons. The van der Waals surface area contributed by atoms with Crippen LogP contribution in [-0.4, -0.2) is 49.1 Å². The normalized spacial score (nSPS) is 28.2. The van der Waals surface area contributed by atoms with Crippen molar-refractivity contribution in [2.75, 3.05) is 26.2 Å². The molecule has 0 spiro atoms. The van der Waals surface area contributed by atoms with Crippen LogP contribution in [0.5, 0.6) is 0 Å². The van der Waals surface area contributed by atoms with E-state index in [1.54, 1.807) is 0 Å². The first-order valence-corrected chi connectivity index (χ1v) is 6.52. The topological polar surface area (TPSA) is 44.4 Å². The van der Waals surface area contributed by atoms with E-state index in [4.69, 9.17) is 0 Å². The lowest BCUT2D eigenvalue weighted by Crippen LogP contribution is -2.46. The Hall–Kier alpha value is -0.610. The van der Waals surface area contributed by atoms with Crippen LogP contribution in [0.2, 0.25) is 0 Å². The molecule has 1 amide bonds. The smallest absolute Gasteiger partial charge is 0.237 e. The Kier molecular flexibility index (Phi) is 4.18. The Balaban J connectivity index is 1.67. The summed E-state index contributed by atoms with van der Waals surface area (Å²) < 4.78 is 0. The van der Waals surface area contributed by atoms with Crippen molar-refractivity contribution in [1.82, 2.24) is 15.5 Å². The summed E-state index contributed by atoms with van der Waals surface area (Å²) in [4.78, 5) is 14.2. The number of rotatable bonds is 4. The minimum atomic E-state index is 0.0609. The van der Waals surface area contributed by atoms with Crippen LogP contribution < -0.4 is 10.6 Å². The molecular weight excluding hydrogens is 202 g/mol. The van der Waals surface area contributed by atoms with Crippen molar-refractivity contribution in [2.45, 2.75) is 44.7 Å². The van der Waals surface area contributed by atoms with Gasteiger partial charge in [-0.2, -0.15) is 0 Å². The minimum Gasteiger partial charge on any atom is -0.353 e. The molecule has 2 aliphatic rings. The second kappa shape index (κ2) is 5.64. The third kappa shape index (κ3) is 2.95. The molecular formula is C12H23N3O. The van der Waals surface area contributed by atoms with E-state index in [2.05, 4.69) is 22.5 Å². The van der Waals surface area contributed by atoms with Crippen LogP contribution in [0.1, 0.15) is 32.6 Å². The molecule has 2 aliphatic heterocycles. The zero-order valence-corrected chi connectivity index (χ0v) is 10.2. The Morgan fingerprint density at radius 1 is 1.44 bits per heavy atom. The van der Waals surface area contributed by atoms with E-state index in [9.17, 15) is 4.79 Å². The predicted molar refractivity (Wildman–Crippen MR) is 64.3 cm³/mol. The van der Waals surface area contributed by atoms with Gasteiger partial charge in [-0.3, -0.25) is 9.69 Å². The number of carbonyl (C=O) groups is 1. The highest BCUT2D eigenvalue weighted by Crippen LogP contribution is 2.11. The SMILES string of the molecule is CC(CNC(=O)[C@H]1CCCN1)N1CCCC1. The lowest BCUT2D eigenvalue weighted by Gasteiger charge is -2.24. The van der Waals surface area contributed by atoms with Crippen LogP contribution in [0.3, 0.4) is 0 Å². The van der Waals surface area contributed by atoms with E-state index in [-0.39, 0.29) is 11.9 Å². The van der Waals surface area contributed by atoms with E-state index < -0.39 is 0 Å². The quantitative estimate of drug-likeness (QED) is 0.725. The van der Waals surface area contributed by atoms with E-state index in [1.165, 1.54) is 25.9 Å². The molecule has 4 heteroatoms. The van der Waals surface area contributed by atoms with Crippen molar-refractivity contribution in [1.29, 1.82) is 0 Å². The molecule has 0 aromatic rings. The first-order chi connectivity index (χ1) is 7.77. The van der Waals surface area contributed by atoms with Gasteiger partial charge in [0.25, 0.3) is 0 Å².